The maximum Gasteiger partial charge on any atom is 0.331 e. The molecule has 1 aliphatic heterocycles. The van der Waals surface area contributed by atoms with Crippen LogP contribution in [0.1, 0.15) is 15.9 Å². The molecular formula is C22H19NO8S. The lowest BCUT2D eigenvalue weighted by Gasteiger charge is -2.13. The Morgan fingerprint density at radius 3 is 2.16 bits per heavy atom. The summed E-state index contributed by atoms with van der Waals surface area (Å²) in [5.74, 6) is -0.219. The molecule has 0 atom stereocenters. The summed E-state index contributed by atoms with van der Waals surface area (Å²) in [5.41, 5.74) is 0.962. The van der Waals surface area contributed by atoms with Crippen molar-refractivity contribution in [3.05, 3.63) is 52.4 Å². The molecular weight excluding hydrogens is 438 g/mol. The summed E-state index contributed by atoms with van der Waals surface area (Å²) in [7, 11) is 4.35. The Morgan fingerprint density at radius 1 is 0.906 bits per heavy atom. The molecule has 0 radical (unpaired) electrons. The highest BCUT2D eigenvalue weighted by molar-refractivity contribution is 8.18. The van der Waals surface area contributed by atoms with Gasteiger partial charge in [0.05, 0.1) is 26.2 Å². The molecule has 9 nitrogen and oxygen atoms in total. The molecule has 3 rings (SSSR count). The fourth-order valence-electron chi connectivity index (χ4n) is 2.86. The van der Waals surface area contributed by atoms with Crippen molar-refractivity contribution < 1.29 is 38.1 Å². The molecule has 1 saturated heterocycles. The van der Waals surface area contributed by atoms with Gasteiger partial charge in [-0.1, -0.05) is 6.07 Å². The van der Waals surface area contributed by atoms with Gasteiger partial charge in [-0.2, -0.15) is 0 Å². The number of ether oxygens (including phenoxy) is 4. The lowest BCUT2D eigenvalue weighted by atomic mass is 10.2. The normalized spacial score (nSPS) is 14.5. The number of methoxy groups -OCH3 is 3. The fraction of sp³-hybridized carbons (Fsp3) is 0.182. The van der Waals surface area contributed by atoms with Gasteiger partial charge in [0.15, 0.2) is 23.0 Å². The van der Waals surface area contributed by atoms with E-state index in [2.05, 4.69) is 0 Å². The first kappa shape index (κ1) is 22.9. The van der Waals surface area contributed by atoms with Gasteiger partial charge in [0.25, 0.3) is 11.1 Å². The van der Waals surface area contributed by atoms with Crippen molar-refractivity contribution in [3.63, 3.8) is 0 Å². The number of carbonyl (C=O) groups excluding carboxylic acids is 4. The van der Waals surface area contributed by atoms with Gasteiger partial charge in [-0.25, -0.2) is 4.79 Å². The number of nitrogens with zero attached hydrogens (tertiary/aromatic N) is 1. The molecule has 166 valence electrons. The number of imide groups is 1. The minimum atomic E-state index is -0.836. The molecule has 0 N–H and O–H groups in total. The second kappa shape index (κ2) is 10.0. The first-order chi connectivity index (χ1) is 15.4. The number of amides is 2. The highest BCUT2D eigenvalue weighted by atomic mass is 32.2. The van der Waals surface area contributed by atoms with Crippen LogP contribution in [0.2, 0.25) is 0 Å². The van der Waals surface area contributed by atoms with E-state index in [0.29, 0.717) is 40.7 Å². The third kappa shape index (κ3) is 4.92. The molecule has 0 saturated carbocycles. The van der Waals surface area contributed by atoms with Crippen molar-refractivity contribution in [2.75, 3.05) is 27.9 Å². The predicted octanol–water partition coefficient (Wildman–Crippen LogP) is 3.17. The van der Waals surface area contributed by atoms with Gasteiger partial charge in [0.2, 0.25) is 0 Å². The summed E-state index contributed by atoms with van der Waals surface area (Å²) in [6.07, 6.45) is 2.15. The first-order valence-corrected chi connectivity index (χ1v) is 10.0. The Morgan fingerprint density at radius 2 is 1.50 bits per heavy atom. The standard InChI is InChI=1S/C22H19NO8S/c1-28-15-6-4-13(8-17(15)29-2)10-19-21(26)23(22(27)32-19)11-20(25)31-16-7-5-14(12-24)9-18(16)30-3/h4-10,12H,11H2,1-3H3/b19-10-. The van der Waals surface area contributed by atoms with Crippen LogP contribution in [0, 0.1) is 0 Å². The number of rotatable bonds is 8. The third-order valence-corrected chi connectivity index (χ3v) is 5.32. The van der Waals surface area contributed by atoms with Crippen molar-refractivity contribution in [1.29, 1.82) is 0 Å². The lowest BCUT2D eigenvalue weighted by molar-refractivity contribution is -0.138. The third-order valence-electron chi connectivity index (χ3n) is 4.41. The van der Waals surface area contributed by atoms with Crippen molar-refractivity contribution in [2.24, 2.45) is 0 Å². The Hall–Kier alpha value is -3.79. The second-order valence-corrected chi connectivity index (χ2v) is 7.38. The minimum absolute atomic E-state index is 0.0657. The Kier molecular flexibility index (Phi) is 7.16. The van der Waals surface area contributed by atoms with Crippen LogP contribution < -0.4 is 18.9 Å². The van der Waals surface area contributed by atoms with E-state index in [1.165, 1.54) is 45.6 Å². The minimum Gasteiger partial charge on any atom is -0.493 e. The van der Waals surface area contributed by atoms with Crippen LogP contribution in [-0.4, -0.2) is 56.2 Å². The van der Waals surface area contributed by atoms with Crippen LogP contribution in [0.15, 0.2) is 41.3 Å². The quantitative estimate of drug-likeness (QED) is 0.256. The molecule has 0 aliphatic carbocycles. The molecule has 0 spiro atoms. The van der Waals surface area contributed by atoms with Crippen LogP contribution in [0.4, 0.5) is 4.79 Å². The smallest absolute Gasteiger partial charge is 0.331 e. The van der Waals surface area contributed by atoms with Crippen LogP contribution in [0.5, 0.6) is 23.0 Å². The van der Waals surface area contributed by atoms with E-state index < -0.39 is 23.7 Å². The van der Waals surface area contributed by atoms with E-state index >= 15 is 0 Å². The van der Waals surface area contributed by atoms with Gasteiger partial charge in [0, 0.05) is 5.56 Å². The van der Waals surface area contributed by atoms with Crippen LogP contribution in [0.3, 0.4) is 0 Å². The number of esters is 1. The lowest BCUT2D eigenvalue weighted by Crippen LogP contribution is -2.35. The fourth-order valence-corrected chi connectivity index (χ4v) is 3.69. The van der Waals surface area contributed by atoms with Crippen molar-refractivity contribution in [2.45, 2.75) is 0 Å². The molecule has 2 aromatic carbocycles. The first-order valence-electron chi connectivity index (χ1n) is 9.21. The molecule has 32 heavy (non-hydrogen) atoms. The van der Waals surface area contributed by atoms with Gasteiger partial charge in [-0.05, 0) is 53.7 Å². The van der Waals surface area contributed by atoms with E-state index in [1.807, 2.05) is 0 Å². The monoisotopic (exact) mass is 457 g/mol. The molecule has 1 heterocycles. The van der Waals surface area contributed by atoms with Crippen LogP contribution in [-0.2, 0) is 9.59 Å². The van der Waals surface area contributed by atoms with Gasteiger partial charge in [-0.3, -0.25) is 19.3 Å². The van der Waals surface area contributed by atoms with Gasteiger partial charge in [-0.15, -0.1) is 0 Å². The Bertz CT molecular complexity index is 1110. The molecule has 0 aromatic heterocycles. The molecule has 2 aromatic rings. The van der Waals surface area contributed by atoms with E-state index in [0.717, 1.165) is 4.90 Å². The number of hydrogen-bond acceptors (Lipinski definition) is 9. The number of hydrogen-bond donors (Lipinski definition) is 0. The summed E-state index contributed by atoms with van der Waals surface area (Å²) in [4.78, 5) is 49.2. The maximum absolute atomic E-state index is 12.7. The molecule has 10 heteroatoms. The van der Waals surface area contributed by atoms with Crippen LogP contribution >= 0.6 is 11.8 Å². The average Bonchev–Trinajstić information content (AvgIpc) is 3.06. The Balaban J connectivity index is 1.73. The number of thioether (sulfide) groups is 1. The summed E-state index contributed by atoms with van der Waals surface area (Å²) in [6, 6.07) is 9.29. The van der Waals surface area contributed by atoms with Crippen molar-refractivity contribution in [3.8, 4) is 23.0 Å². The van der Waals surface area contributed by atoms with Gasteiger partial charge in [0.1, 0.15) is 12.8 Å². The van der Waals surface area contributed by atoms with E-state index in [9.17, 15) is 19.2 Å². The molecule has 0 bridgehead atoms. The zero-order valence-electron chi connectivity index (χ0n) is 17.4. The van der Waals surface area contributed by atoms with Crippen molar-refractivity contribution >= 4 is 41.2 Å². The summed E-state index contributed by atoms with van der Waals surface area (Å²) >= 11 is 0.716. The second-order valence-electron chi connectivity index (χ2n) is 6.38. The maximum atomic E-state index is 12.7. The van der Waals surface area contributed by atoms with Gasteiger partial charge < -0.3 is 18.9 Å². The van der Waals surface area contributed by atoms with Crippen LogP contribution in [0.25, 0.3) is 6.08 Å². The summed E-state index contributed by atoms with van der Waals surface area (Å²) in [6.45, 7) is -0.577. The predicted molar refractivity (Wildman–Crippen MR) is 116 cm³/mol. The molecule has 1 fully saturated rings. The number of benzene rings is 2. The molecule has 1 aliphatic rings. The summed E-state index contributed by atoms with van der Waals surface area (Å²) < 4.78 is 20.7. The Labute approximate surface area is 187 Å². The highest BCUT2D eigenvalue weighted by Gasteiger charge is 2.37. The van der Waals surface area contributed by atoms with E-state index in [1.54, 1.807) is 18.2 Å². The SMILES string of the molecule is COc1ccc(/C=C2\SC(=O)N(CC(=O)Oc3ccc(C=O)cc3OC)C2=O)cc1OC. The average molecular weight is 457 g/mol. The highest BCUT2D eigenvalue weighted by Crippen LogP contribution is 2.34. The molecule has 0 unspecified atom stereocenters. The molecule has 2 amide bonds. The number of carbonyl (C=O) groups is 4. The van der Waals surface area contributed by atoms with Gasteiger partial charge >= 0.3 is 5.97 Å². The summed E-state index contributed by atoms with van der Waals surface area (Å²) in [5, 5.41) is -0.595. The zero-order chi connectivity index (χ0) is 23.3. The topological polar surface area (TPSA) is 108 Å². The number of aldehydes is 1. The van der Waals surface area contributed by atoms with E-state index in [-0.39, 0.29) is 16.4 Å². The van der Waals surface area contributed by atoms with Crippen molar-refractivity contribution in [1.82, 2.24) is 4.90 Å². The largest absolute Gasteiger partial charge is 0.493 e. The zero-order valence-corrected chi connectivity index (χ0v) is 18.3. The van der Waals surface area contributed by atoms with E-state index in [4.69, 9.17) is 18.9 Å².